The third-order valence-electron chi connectivity index (χ3n) is 2.37. The first-order valence-corrected chi connectivity index (χ1v) is 7.49. The lowest BCUT2D eigenvalue weighted by atomic mass is 10.4. The monoisotopic (exact) mass is 289 g/mol. The van der Waals surface area contributed by atoms with Gasteiger partial charge in [-0.15, -0.1) is 11.3 Å². The minimum absolute atomic E-state index is 0.656. The molecule has 0 radical (unpaired) electrons. The molecule has 7 heteroatoms. The number of nitrogens with one attached hydrogen (secondary N) is 1. The number of hydrogen-bond donors (Lipinski definition) is 1. The molecule has 3 heterocycles. The smallest absolute Gasteiger partial charge is 0.225 e. The van der Waals surface area contributed by atoms with Gasteiger partial charge in [0.15, 0.2) is 0 Å². The van der Waals surface area contributed by atoms with Gasteiger partial charge in [-0.1, -0.05) is 0 Å². The lowest BCUT2D eigenvalue weighted by Gasteiger charge is -2.05. The molecule has 0 aliphatic carbocycles. The topological polar surface area (TPSA) is 63.6 Å². The van der Waals surface area contributed by atoms with Crippen LogP contribution in [0.3, 0.4) is 0 Å². The molecule has 3 aromatic heterocycles. The summed E-state index contributed by atoms with van der Waals surface area (Å²) in [6.07, 6.45) is 5.08. The fourth-order valence-corrected chi connectivity index (χ4v) is 3.24. The van der Waals surface area contributed by atoms with Crippen LogP contribution >= 0.6 is 23.1 Å². The second-order valence-electron chi connectivity index (χ2n) is 3.67. The van der Waals surface area contributed by atoms with Crippen molar-refractivity contribution in [1.82, 2.24) is 19.9 Å². The molecule has 0 spiro atoms. The Bertz CT molecular complexity index is 683. The second kappa shape index (κ2) is 5.50. The van der Waals surface area contributed by atoms with Crippen LogP contribution in [0.2, 0.25) is 0 Å². The van der Waals surface area contributed by atoms with Crippen molar-refractivity contribution in [1.29, 1.82) is 0 Å². The summed E-state index contributed by atoms with van der Waals surface area (Å²) >= 11 is 3.12. The van der Waals surface area contributed by atoms with Crippen LogP contribution in [-0.2, 0) is 0 Å². The maximum absolute atomic E-state index is 4.54. The number of rotatable bonds is 4. The Morgan fingerprint density at radius 2 is 2.26 bits per heavy atom. The number of fused-ring (bicyclic) bond motifs is 1. The minimum Gasteiger partial charge on any atom is -0.354 e. The molecule has 19 heavy (non-hydrogen) atoms. The van der Waals surface area contributed by atoms with Crippen LogP contribution in [0.25, 0.3) is 10.2 Å². The average molecular weight is 289 g/mol. The molecule has 0 amide bonds. The summed E-state index contributed by atoms with van der Waals surface area (Å²) in [4.78, 5) is 18.3. The van der Waals surface area contributed by atoms with Gasteiger partial charge >= 0.3 is 0 Å². The fraction of sp³-hybridized carbons (Fsp3) is 0.167. The Kier molecular flexibility index (Phi) is 3.56. The molecule has 5 nitrogen and oxygen atoms in total. The summed E-state index contributed by atoms with van der Waals surface area (Å²) in [5, 5.41) is 7.97. The van der Waals surface area contributed by atoms with Gasteiger partial charge in [0.05, 0.1) is 6.20 Å². The summed E-state index contributed by atoms with van der Waals surface area (Å²) in [7, 11) is 0. The van der Waals surface area contributed by atoms with Gasteiger partial charge in [-0.2, -0.15) is 0 Å². The Balaban J connectivity index is 2.03. The van der Waals surface area contributed by atoms with Gasteiger partial charge in [-0.05, 0) is 30.1 Å². The molecule has 1 N–H and O–H groups in total. The van der Waals surface area contributed by atoms with Crippen LogP contribution in [-0.4, -0.2) is 26.5 Å². The van der Waals surface area contributed by atoms with E-state index in [9.17, 15) is 0 Å². The number of nitrogens with zero attached hydrogens (tertiary/aromatic N) is 4. The highest BCUT2D eigenvalue weighted by Crippen LogP contribution is 2.32. The van der Waals surface area contributed by atoms with Crippen molar-refractivity contribution in [3.63, 3.8) is 0 Å². The van der Waals surface area contributed by atoms with Crippen molar-refractivity contribution in [2.75, 3.05) is 11.9 Å². The van der Waals surface area contributed by atoms with E-state index in [1.165, 1.54) is 11.8 Å². The predicted molar refractivity (Wildman–Crippen MR) is 77.7 cm³/mol. The molecule has 0 atom stereocenters. The SMILES string of the molecule is CCNc1nc(Sc2cnccn2)c2ccsc2n1. The van der Waals surface area contributed by atoms with E-state index in [2.05, 4.69) is 25.3 Å². The molecule has 0 fully saturated rings. The van der Waals surface area contributed by atoms with Crippen LogP contribution in [0.1, 0.15) is 6.92 Å². The molecule has 0 aliphatic heterocycles. The highest BCUT2D eigenvalue weighted by molar-refractivity contribution is 7.99. The van der Waals surface area contributed by atoms with E-state index in [1.54, 1.807) is 29.9 Å². The number of anilines is 1. The predicted octanol–water partition coefficient (Wildman–Crippen LogP) is 3.06. The Labute approximate surface area is 118 Å². The largest absolute Gasteiger partial charge is 0.354 e. The lowest BCUT2D eigenvalue weighted by molar-refractivity contribution is 1.03. The third kappa shape index (κ3) is 2.66. The lowest BCUT2D eigenvalue weighted by Crippen LogP contribution is -2.02. The van der Waals surface area contributed by atoms with E-state index in [0.717, 1.165) is 26.8 Å². The van der Waals surface area contributed by atoms with Gasteiger partial charge in [0.2, 0.25) is 5.95 Å². The minimum atomic E-state index is 0.656. The zero-order valence-corrected chi connectivity index (χ0v) is 11.8. The van der Waals surface area contributed by atoms with Gasteiger partial charge in [-0.25, -0.2) is 15.0 Å². The first-order chi connectivity index (χ1) is 9.36. The van der Waals surface area contributed by atoms with Gasteiger partial charge in [0.25, 0.3) is 0 Å². The molecule has 96 valence electrons. The van der Waals surface area contributed by atoms with E-state index in [4.69, 9.17) is 0 Å². The molecular weight excluding hydrogens is 278 g/mol. The third-order valence-corrected chi connectivity index (χ3v) is 4.10. The van der Waals surface area contributed by atoms with Gasteiger partial charge in [0, 0.05) is 24.3 Å². The van der Waals surface area contributed by atoms with Crippen LogP contribution in [0.5, 0.6) is 0 Å². The van der Waals surface area contributed by atoms with E-state index in [0.29, 0.717) is 5.95 Å². The van der Waals surface area contributed by atoms with Gasteiger partial charge < -0.3 is 5.32 Å². The van der Waals surface area contributed by atoms with Crippen molar-refractivity contribution in [3.8, 4) is 0 Å². The van der Waals surface area contributed by atoms with Gasteiger partial charge in [0.1, 0.15) is 14.9 Å². The Morgan fingerprint density at radius 3 is 3.05 bits per heavy atom. The Hall–Kier alpha value is -1.73. The molecule has 3 rings (SSSR count). The molecule has 0 aliphatic rings. The average Bonchev–Trinajstić information content (AvgIpc) is 2.89. The summed E-state index contributed by atoms with van der Waals surface area (Å²) in [5.41, 5.74) is 0. The second-order valence-corrected chi connectivity index (χ2v) is 5.57. The van der Waals surface area contributed by atoms with Crippen molar-refractivity contribution < 1.29 is 0 Å². The first-order valence-electron chi connectivity index (χ1n) is 5.80. The summed E-state index contributed by atoms with van der Waals surface area (Å²) in [6, 6.07) is 2.04. The molecule has 0 aromatic carbocycles. The van der Waals surface area contributed by atoms with Crippen LogP contribution < -0.4 is 5.32 Å². The zero-order valence-electron chi connectivity index (χ0n) is 10.2. The normalized spacial score (nSPS) is 10.8. The molecular formula is C12H11N5S2. The van der Waals surface area contributed by atoms with Crippen LogP contribution in [0.15, 0.2) is 40.1 Å². The van der Waals surface area contributed by atoms with Gasteiger partial charge in [-0.3, -0.25) is 4.98 Å². The van der Waals surface area contributed by atoms with Crippen molar-refractivity contribution in [3.05, 3.63) is 30.0 Å². The quantitative estimate of drug-likeness (QED) is 0.745. The maximum Gasteiger partial charge on any atom is 0.225 e. The zero-order chi connectivity index (χ0) is 13.1. The van der Waals surface area contributed by atoms with Crippen molar-refractivity contribution in [2.24, 2.45) is 0 Å². The van der Waals surface area contributed by atoms with Crippen LogP contribution in [0, 0.1) is 0 Å². The van der Waals surface area contributed by atoms with Crippen molar-refractivity contribution in [2.45, 2.75) is 17.0 Å². The summed E-state index contributed by atoms with van der Waals surface area (Å²) < 4.78 is 0. The molecule has 0 saturated carbocycles. The Morgan fingerprint density at radius 1 is 1.32 bits per heavy atom. The number of hydrogen-bond acceptors (Lipinski definition) is 7. The standard InChI is InChI=1S/C12H11N5S2/c1-2-14-12-16-10-8(3-6-18-10)11(17-12)19-9-7-13-4-5-15-9/h3-7H,2H2,1H3,(H,14,16,17). The fourth-order valence-electron chi connectivity index (χ4n) is 1.58. The number of aromatic nitrogens is 4. The number of thiophene rings is 1. The van der Waals surface area contributed by atoms with E-state index in [1.807, 2.05) is 18.4 Å². The highest BCUT2D eigenvalue weighted by atomic mass is 32.2. The van der Waals surface area contributed by atoms with E-state index >= 15 is 0 Å². The van der Waals surface area contributed by atoms with Crippen molar-refractivity contribution >= 4 is 39.3 Å². The van der Waals surface area contributed by atoms with E-state index < -0.39 is 0 Å². The molecule has 0 unspecified atom stereocenters. The first kappa shape index (κ1) is 12.3. The summed E-state index contributed by atoms with van der Waals surface area (Å²) in [6.45, 7) is 2.82. The molecule has 0 bridgehead atoms. The maximum atomic E-state index is 4.54. The molecule has 3 aromatic rings. The van der Waals surface area contributed by atoms with Crippen LogP contribution in [0.4, 0.5) is 5.95 Å². The molecule has 0 saturated heterocycles. The summed E-state index contributed by atoms with van der Waals surface area (Å²) in [5.74, 6) is 0.656. The highest BCUT2D eigenvalue weighted by Gasteiger charge is 2.10. The van der Waals surface area contributed by atoms with E-state index in [-0.39, 0.29) is 0 Å².